The van der Waals surface area contributed by atoms with Gasteiger partial charge in [0, 0.05) is 43.5 Å². The number of rotatable bonds is 4. The quantitative estimate of drug-likeness (QED) is 0.827. The highest BCUT2D eigenvalue weighted by atomic mass is 19.1. The highest BCUT2D eigenvalue weighted by Gasteiger charge is 2.52. The summed E-state index contributed by atoms with van der Waals surface area (Å²) >= 11 is 0. The highest BCUT2D eigenvalue weighted by Crippen LogP contribution is 2.42. The second kappa shape index (κ2) is 6.88. The fourth-order valence-electron chi connectivity index (χ4n) is 4.16. The Morgan fingerprint density at radius 3 is 2.70 bits per heavy atom. The van der Waals surface area contributed by atoms with E-state index in [0.29, 0.717) is 19.7 Å². The van der Waals surface area contributed by atoms with Crippen LogP contribution in [0.2, 0.25) is 0 Å². The van der Waals surface area contributed by atoms with Crippen molar-refractivity contribution in [2.75, 3.05) is 33.3 Å². The summed E-state index contributed by atoms with van der Waals surface area (Å²) in [5.41, 5.74) is -0.200. The minimum absolute atomic E-state index is 0.000477. The number of pyridine rings is 1. The molecule has 0 saturated carbocycles. The third-order valence-electron chi connectivity index (χ3n) is 5.47. The zero-order valence-corrected chi connectivity index (χ0v) is 15.1. The maximum atomic E-state index is 13.9. The lowest BCUT2D eigenvalue weighted by molar-refractivity contribution is 0.0110. The van der Waals surface area contributed by atoms with E-state index in [2.05, 4.69) is 9.88 Å². The van der Waals surface area contributed by atoms with Gasteiger partial charge in [0.25, 0.3) is 5.91 Å². The lowest BCUT2D eigenvalue weighted by atomic mass is 9.77. The number of carbonyl (C=O) groups excluding carboxylic acids is 1. The minimum atomic E-state index is -0.686. The van der Waals surface area contributed by atoms with E-state index in [1.807, 2.05) is 19.2 Å². The number of hydrogen-bond acceptors (Lipinski definition) is 4. The number of likely N-dealkylation sites (N-methyl/N-ethyl adjacent to an activating group) is 1. The van der Waals surface area contributed by atoms with Crippen molar-refractivity contribution in [1.29, 1.82) is 0 Å². The van der Waals surface area contributed by atoms with E-state index in [0.717, 1.165) is 36.9 Å². The van der Waals surface area contributed by atoms with Gasteiger partial charge >= 0.3 is 0 Å². The Labute approximate surface area is 156 Å². The van der Waals surface area contributed by atoms with E-state index in [1.54, 1.807) is 17.3 Å². The lowest BCUT2D eigenvalue weighted by Crippen LogP contribution is -2.59. The molecule has 2 fully saturated rings. The molecule has 0 radical (unpaired) electrons. The lowest BCUT2D eigenvalue weighted by Gasteiger charge is -2.48. The third kappa shape index (κ3) is 3.51. The molecule has 1 unspecified atom stereocenters. The number of ether oxygens (including phenoxy) is 1. The molecule has 27 heavy (non-hydrogen) atoms. The average molecular weight is 373 g/mol. The van der Waals surface area contributed by atoms with Crippen molar-refractivity contribution in [3.8, 4) is 5.75 Å². The molecule has 2 aliphatic heterocycles. The van der Waals surface area contributed by atoms with Crippen molar-refractivity contribution in [1.82, 2.24) is 14.8 Å². The molecule has 2 aliphatic rings. The van der Waals surface area contributed by atoms with Gasteiger partial charge in [0.1, 0.15) is 24.0 Å². The number of halogens is 2. The van der Waals surface area contributed by atoms with Crippen LogP contribution in [0.25, 0.3) is 0 Å². The topological polar surface area (TPSA) is 45.7 Å². The van der Waals surface area contributed by atoms with Crippen LogP contribution in [0.15, 0.2) is 42.7 Å². The molecule has 2 aromatic rings. The molecule has 1 spiro atoms. The van der Waals surface area contributed by atoms with E-state index in [1.165, 1.54) is 0 Å². The molecule has 7 heteroatoms. The van der Waals surface area contributed by atoms with Crippen LogP contribution in [0.1, 0.15) is 16.8 Å². The largest absolute Gasteiger partial charge is 0.492 e. The predicted octanol–water partition coefficient (Wildman–Crippen LogP) is 2.59. The van der Waals surface area contributed by atoms with E-state index < -0.39 is 17.5 Å². The summed E-state index contributed by atoms with van der Waals surface area (Å²) < 4.78 is 33.0. The highest BCUT2D eigenvalue weighted by molar-refractivity contribution is 5.95. The fraction of sp³-hybridized carbons (Fsp3) is 0.400. The van der Waals surface area contributed by atoms with E-state index >= 15 is 0 Å². The van der Waals surface area contributed by atoms with E-state index in [9.17, 15) is 13.6 Å². The molecule has 1 aromatic heterocycles. The van der Waals surface area contributed by atoms with Gasteiger partial charge in [-0.3, -0.25) is 14.7 Å². The van der Waals surface area contributed by atoms with Crippen LogP contribution in [-0.2, 0) is 0 Å². The first-order valence-electron chi connectivity index (χ1n) is 8.93. The minimum Gasteiger partial charge on any atom is -0.492 e. The smallest absolute Gasteiger partial charge is 0.256 e. The zero-order valence-electron chi connectivity index (χ0n) is 15.1. The van der Waals surface area contributed by atoms with Crippen molar-refractivity contribution >= 4 is 5.91 Å². The number of likely N-dealkylation sites (tertiary alicyclic amines) is 2. The van der Waals surface area contributed by atoms with Crippen molar-refractivity contribution < 1.29 is 18.3 Å². The van der Waals surface area contributed by atoms with E-state index in [-0.39, 0.29) is 17.0 Å². The van der Waals surface area contributed by atoms with Crippen LogP contribution in [-0.4, -0.2) is 60.0 Å². The molecule has 1 aromatic carbocycles. The second-order valence-corrected chi connectivity index (χ2v) is 7.55. The Kier molecular flexibility index (Phi) is 4.55. The second-order valence-electron chi connectivity index (χ2n) is 7.55. The molecule has 0 bridgehead atoms. The van der Waals surface area contributed by atoms with Gasteiger partial charge < -0.3 is 9.64 Å². The summed E-state index contributed by atoms with van der Waals surface area (Å²) in [6.45, 7) is 2.53. The Bertz CT molecular complexity index is 840. The van der Waals surface area contributed by atoms with Crippen LogP contribution < -0.4 is 4.74 Å². The number of benzene rings is 1. The molecule has 2 saturated heterocycles. The average Bonchev–Trinajstić information content (AvgIpc) is 2.98. The Morgan fingerprint density at radius 2 is 1.96 bits per heavy atom. The van der Waals surface area contributed by atoms with Gasteiger partial charge in [-0.25, -0.2) is 8.78 Å². The molecule has 142 valence electrons. The molecular weight excluding hydrogens is 352 g/mol. The summed E-state index contributed by atoms with van der Waals surface area (Å²) in [4.78, 5) is 20.3. The first kappa shape index (κ1) is 17.9. The molecule has 1 amide bonds. The first-order chi connectivity index (χ1) is 13.0. The molecule has 5 nitrogen and oxygen atoms in total. The van der Waals surface area contributed by atoms with Crippen LogP contribution >= 0.6 is 0 Å². The molecule has 0 aliphatic carbocycles. The standard InChI is InChI=1S/C20H21F2N3O2/c1-24-11-20(9-15(24)10-27-16-4-6-23-7-5-16)12-25(13-20)19(26)17-8-14(21)2-3-18(17)22/h2-8,15H,9-13H2,1H3. The van der Waals surface area contributed by atoms with Gasteiger partial charge in [0.05, 0.1) is 5.56 Å². The monoisotopic (exact) mass is 373 g/mol. The van der Waals surface area contributed by atoms with Crippen molar-refractivity contribution in [3.63, 3.8) is 0 Å². The number of carbonyl (C=O) groups is 1. The number of aromatic nitrogens is 1. The van der Waals surface area contributed by atoms with Crippen molar-refractivity contribution in [2.24, 2.45) is 5.41 Å². The molecule has 3 heterocycles. The van der Waals surface area contributed by atoms with Gasteiger partial charge in [-0.05, 0) is 43.8 Å². The van der Waals surface area contributed by atoms with Crippen LogP contribution in [0.5, 0.6) is 5.75 Å². The summed E-state index contributed by atoms with van der Waals surface area (Å²) in [5.74, 6) is -0.957. The van der Waals surface area contributed by atoms with Gasteiger partial charge in [-0.2, -0.15) is 0 Å². The maximum absolute atomic E-state index is 13.9. The summed E-state index contributed by atoms with van der Waals surface area (Å²) in [6.07, 6.45) is 4.29. The normalized spacial score (nSPS) is 21.3. The molecular formula is C20H21F2N3O2. The van der Waals surface area contributed by atoms with Gasteiger partial charge in [-0.15, -0.1) is 0 Å². The Balaban J connectivity index is 1.35. The van der Waals surface area contributed by atoms with Gasteiger partial charge in [0.15, 0.2) is 0 Å². The summed E-state index contributed by atoms with van der Waals surface area (Å²) in [7, 11) is 2.05. The van der Waals surface area contributed by atoms with Gasteiger partial charge in [-0.1, -0.05) is 0 Å². The van der Waals surface area contributed by atoms with Gasteiger partial charge in [0.2, 0.25) is 0 Å². The Hall–Kier alpha value is -2.54. The van der Waals surface area contributed by atoms with Crippen LogP contribution in [0, 0.1) is 17.0 Å². The first-order valence-corrected chi connectivity index (χ1v) is 8.93. The summed E-state index contributed by atoms with van der Waals surface area (Å²) in [5, 5.41) is 0. The van der Waals surface area contributed by atoms with E-state index in [4.69, 9.17) is 4.74 Å². The molecule has 4 rings (SSSR count). The van der Waals surface area contributed by atoms with Crippen LogP contribution in [0.3, 0.4) is 0 Å². The molecule has 1 atom stereocenters. The maximum Gasteiger partial charge on any atom is 0.256 e. The summed E-state index contributed by atoms with van der Waals surface area (Å²) in [6, 6.07) is 6.87. The molecule has 0 N–H and O–H groups in total. The third-order valence-corrected chi connectivity index (χ3v) is 5.47. The van der Waals surface area contributed by atoms with Crippen molar-refractivity contribution in [3.05, 3.63) is 59.9 Å². The predicted molar refractivity (Wildman–Crippen MR) is 95.5 cm³/mol. The SMILES string of the molecule is CN1CC2(CC1COc1ccncc1)CN(C(=O)c1cc(F)ccc1F)C2. The number of amides is 1. The Morgan fingerprint density at radius 1 is 1.22 bits per heavy atom. The number of nitrogens with zero attached hydrogens (tertiary/aromatic N) is 3. The van der Waals surface area contributed by atoms with Crippen LogP contribution in [0.4, 0.5) is 8.78 Å². The van der Waals surface area contributed by atoms with Crippen molar-refractivity contribution in [2.45, 2.75) is 12.5 Å². The fourth-order valence-corrected chi connectivity index (χ4v) is 4.16. The zero-order chi connectivity index (χ0) is 19.0. The number of hydrogen-bond donors (Lipinski definition) is 0.